The van der Waals surface area contributed by atoms with E-state index in [1.807, 2.05) is 0 Å². The first-order valence-electron chi connectivity index (χ1n) is 6.69. The number of hydrogen-bond donors (Lipinski definition) is 1. The number of rotatable bonds is 2. The largest absolute Gasteiger partial charge is 0.393 e. The fraction of sp³-hybridized carbons (Fsp3) is 0.333. The van der Waals surface area contributed by atoms with Crippen LogP contribution in [0.4, 0.5) is 5.69 Å². The van der Waals surface area contributed by atoms with Crippen LogP contribution in [0.3, 0.4) is 0 Å². The zero-order chi connectivity index (χ0) is 14.8. The Bertz CT molecular complexity index is 671. The topological polar surface area (TPSA) is 66.8 Å². The van der Waals surface area contributed by atoms with Crippen molar-refractivity contribution in [2.24, 2.45) is 11.8 Å². The molecule has 1 aromatic rings. The SMILES string of the molecule is O=C1[C@@H]2[C@H]3C=C[C@@](CO)(O3)[C@H]2C(=O)N1c1ccc(Br)cc1. The van der Waals surface area contributed by atoms with Gasteiger partial charge in [-0.1, -0.05) is 28.1 Å². The van der Waals surface area contributed by atoms with Crippen molar-refractivity contribution in [1.82, 2.24) is 0 Å². The molecule has 0 radical (unpaired) electrons. The van der Waals surface area contributed by atoms with Crippen molar-refractivity contribution < 1.29 is 19.4 Å². The fourth-order valence-corrected chi connectivity index (χ4v) is 3.79. The Morgan fingerprint density at radius 2 is 1.95 bits per heavy atom. The minimum Gasteiger partial charge on any atom is -0.393 e. The second kappa shape index (κ2) is 4.25. The van der Waals surface area contributed by atoms with Crippen LogP contribution in [0.15, 0.2) is 40.9 Å². The van der Waals surface area contributed by atoms with Gasteiger partial charge in [0.05, 0.1) is 30.2 Å². The zero-order valence-corrected chi connectivity index (χ0v) is 12.5. The maximum atomic E-state index is 12.7. The Balaban J connectivity index is 1.77. The first-order valence-corrected chi connectivity index (χ1v) is 7.48. The summed E-state index contributed by atoms with van der Waals surface area (Å²) in [6.07, 6.45) is 3.07. The molecule has 4 rings (SSSR count). The smallest absolute Gasteiger partial charge is 0.241 e. The third-order valence-electron chi connectivity index (χ3n) is 4.49. The van der Waals surface area contributed by atoms with Crippen LogP contribution in [-0.2, 0) is 14.3 Å². The zero-order valence-electron chi connectivity index (χ0n) is 10.9. The highest BCUT2D eigenvalue weighted by Gasteiger charge is 2.67. The van der Waals surface area contributed by atoms with E-state index in [2.05, 4.69) is 15.9 Å². The van der Waals surface area contributed by atoms with E-state index in [0.717, 1.165) is 4.47 Å². The lowest BCUT2D eigenvalue weighted by Gasteiger charge is -2.26. The Hall–Kier alpha value is -1.50. The number of carbonyl (C=O) groups excluding carboxylic acids is 2. The second-order valence-corrected chi connectivity index (χ2v) is 6.46. The number of hydrogen-bond acceptors (Lipinski definition) is 4. The standard InChI is InChI=1S/C15H12BrNO4/c16-8-1-3-9(4-2-8)17-13(19)11-10-5-6-15(7-18,21-10)12(11)14(17)20/h1-6,10-12,18H,7H2/t10-,11-,12-,15+/m1/s1. The number of anilines is 1. The molecule has 3 aliphatic heterocycles. The summed E-state index contributed by atoms with van der Waals surface area (Å²) in [5.41, 5.74) is -0.485. The van der Waals surface area contributed by atoms with Gasteiger partial charge in [-0.05, 0) is 24.3 Å². The molecule has 3 heterocycles. The fourth-order valence-electron chi connectivity index (χ4n) is 3.53. The number of halogens is 1. The summed E-state index contributed by atoms with van der Waals surface area (Å²) in [7, 11) is 0. The molecule has 2 amide bonds. The summed E-state index contributed by atoms with van der Waals surface area (Å²) in [6.45, 7) is -0.297. The molecular formula is C15H12BrNO4. The summed E-state index contributed by atoms with van der Waals surface area (Å²) >= 11 is 3.33. The average molecular weight is 350 g/mol. The van der Waals surface area contributed by atoms with Crippen molar-refractivity contribution in [2.75, 3.05) is 11.5 Å². The van der Waals surface area contributed by atoms with E-state index in [1.165, 1.54) is 4.90 Å². The van der Waals surface area contributed by atoms with Gasteiger partial charge in [-0.2, -0.15) is 0 Å². The van der Waals surface area contributed by atoms with Gasteiger partial charge in [-0.3, -0.25) is 9.59 Å². The second-order valence-electron chi connectivity index (χ2n) is 5.55. The molecule has 5 nitrogen and oxygen atoms in total. The van der Waals surface area contributed by atoms with E-state index < -0.39 is 23.5 Å². The van der Waals surface area contributed by atoms with Crippen LogP contribution in [0.25, 0.3) is 0 Å². The minimum absolute atomic E-state index is 0.253. The van der Waals surface area contributed by atoms with Crippen molar-refractivity contribution in [2.45, 2.75) is 11.7 Å². The lowest BCUT2D eigenvalue weighted by atomic mass is 9.77. The Morgan fingerprint density at radius 1 is 1.24 bits per heavy atom. The quantitative estimate of drug-likeness (QED) is 0.644. The molecule has 6 heteroatoms. The summed E-state index contributed by atoms with van der Waals surface area (Å²) in [5.74, 6) is -1.71. The number of carbonyl (C=O) groups is 2. The number of nitrogens with zero attached hydrogens (tertiary/aromatic N) is 1. The van der Waals surface area contributed by atoms with Crippen LogP contribution in [0.1, 0.15) is 0 Å². The van der Waals surface area contributed by atoms with E-state index in [1.54, 1.807) is 36.4 Å². The molecule has 0 aromatic heterocycles. The third-order valence-corrected chi connectivity index (χ3v) is 5.02. The molecule has 2 fully saturated rings. The van der Waals surface area contributed by atoms with E-state index in [9.17, 15) is 14.7 Å². The first kappa shape index (κ1) is 13.2. The molecule has 0 spiro atoms. The summed E-state index contributed by atoms with van der Waals surface area (Å²) in [6, 6.07) is 7.02. The van der Waals surface area contributed by atoms with Crippen LogP contribution < -0.4 is 4.90 Å². The number of aliphatic hydroxyl groups is 1. The Kier molecular flexibility index (Phi) is 2.67. The number of benzene rings is 1. The molecule has 0 aliphatic carbocycles. The van der Waals surface area contributed by atoms with Gasteiger partial charge >= 0.3 is 0 Å². The maximum absolute atomic E-state index is 12.7. The molecular weight excluding hydrogens is 338 g/mol. The molecule has 4 atom stereocenters. The first-order chi connectivity index (χ1) is 10.1. The van der Waals surface area contributed by atoms with Crippen LogP contribution in [0.2, 0.25) is 0 Å². The van der Waals surface area contributed by atoms with E-state index in [0.29, 0.717) is 5.69 Å². The minimum atomic E-state index is -1.04. The van der Waals surface area contributed by atoms with Crippen LogP contribution >= 0.6 is 15.9 Å². The van der Waals surface area contributed by atoms with Gasteiger partial charge in [0, 0.05) is 4.47 Å². The van der Waals surface area contributed by atoms with Crippen LogP contribution in [-0.4, -0.2) is 35.2 Å². The van der Waals surface area contributed by atoms with Gasteiger partial charge < -0.3 is 9.84 Å². The number of imide groups is 1. The maximum Gasteiger partial charge on any atom is 0.241 e. The summed E-state index contributed by atoms with van der Waals surface area (Å²) in [5, 5.41) is 9.62. The number of fused-ring (bicyclic) bond motifs is 5. The Morgan fingerprint density at radius 3 is 2.62 bits per heavy atom. The number of amides is 2. The molecule has 1 N–H and O–H groups in total. The highest BCUT2D eigenvalue weighted by molar-refractivity contribution is 9.10. The van der Waals surface area contributed by atoms with Gasteiger partial charge in [0.25, 0.3) is 0 Å². The average Bonchev–Trinajstić information content (AvgIpc) is 3.12. The molecule has 3 aliphatic rings. The van der Waals surface area contributed by atoms with Crippen molar-refractivity contribution in [3.63, 3.8) is 0 Å². The number of ether oxygens (including phenoxy) is 1. The van der Waals surface area contributed by atoms with Gasteiger partial charge in [0.1, 0.15) is 5.60 Å². The van der Waals surface area contributed by atoms with Gasteiger partial charge in [-0.25, -0.2) is 4.90 Å². The highest BCUT2D eigenvalue weighted by atomic mass is 79.9. The molecule has 0 unspecified atom stereocenters. The Labute approximate surface area is 129 Å². The lowest BCUT2D eigenvalue weighted by molar-refractivity contribution is -0.128. The monoisotopic (exact) mass is 349 g/mol. The highest BCUT2D eigenvalue weighted by Crippen LogP contribution is 2.52. The molecule has 1 aromatic carbocycles. The van der Waals surface area contributed by atoms with Crippen molar-refractivity contribution in [1.29, 1.82) is 0 Å². The van der Waals surface area contributed by atoms with E-state index in [-0.39, 0.29) is 18.4 Å². The van der Waals surface area contributed by atoms with Crippen LogP contribution in [0.5, 0.6) is 0 Å². The molecule has 108 valence electrons. The van der Waals surface area contributed by atoms with E-state index in [4.69, 9.17) is 4.74 Å². The molecule has 0 saturated carbocycles. The van der Waals surface area contributed by atoms with E-state index >= 15 is 0 Å². The molecule has 2 saturated heterocycles. The van der Waals surface area contributed by atoms with Crippen molar-refractivity contribution >= 4 is 33.4 Å². The lowest BCUT2D eigenvalue weighted by Crippen LogP contribution is -2.43. The molecule has 2 bridgehead atoms. The predicted molar refractivity (Wildman–Crippen MR) is 77.4 cm³/mol. The normalized spacial score (nSPS) is 36.7. The van der Waals surface area contributed by atoms with Crippen molar-refractivity contribution in [3.05, 3.63) is 40.9 Å². The van der Waals surface area contributed by atoms with Gasteiger partial charge in [-0.15, -0.1) is 0 Å². The third kappa shape index (κ3) is 1.58. The number of aliphatic hydroxyl groups excluding tert-OH is 1. The predicted octanol–water partition coefficient (Wildman–Crippen LogP) is 1.25. The van der Waals surface area contributed by atoms with Crippen LogP contribution in [0, 0.1) is 11.8 Å². The van der Waals surface area contributed by atoms with Gasteiger partial charge in [0.2, 0.25) is 11.8 Å². The van der Waals surface area contributed by atoms with Gasteiger partial charge in [0.15, 0.2) is 0 Å². The molecule has 21 heavy (non-hydrogen) atoms. The summed E-state index contributed by atoms with van der Waals surface area (Å²) < 4.78 is 6.56. The summed E-state index contributed by atoms with van der Waals surface area (Å²) in [4.78, 5) is 26.6. The van der Waals surface area contributed by atoms with Crippen molar-refractivity contribution in [3.8, 4) is 0 Å².